The van der Waals surface area contributed by atoms with Crippen molar-refractivity contribution < 1.29 is 4.92 Å². The number of benzene rings is 1. The van der Waals surface area contributed by atoms with Crippen molar-refractivity contribution in [2.45, 2.75) is 25.8 Å². The van der Waals surface area contributed by atoms with Gasteiger partial charge in [0.2, 0.25) is 0 Å². The second-order valence-electron chi connectivity index (χ2n) is 3.97. The summed E-state index contributed by atoms with van der Waals surface area (Å²) in [5.41, 5.74) is 1.74. The summed E-state index contributed by atoms with van der Waals surface area (Å²) in [5.74, 6) is 0. The molecule has 0 aliphatic heterocycles. The van der Waals surface area contributed by atoms with Crippen molar-refractivity contribution in [3.63, 3.8) is 0 Å². The molecule has 2 rings (SSSR count). The predicted octanol–water partition coefficient (Wildman–Crippen LogP) is 2.60. The van der Waals surface area contributed by atoms with Crippen LogP contribution in [0, 0.1) is 10.1 Å². The lowest BCUT2D eigenvalue weighted by Gasteiger charge is -2.08. The average Bonchev–Trinajstić information content (AvgIpc) is 3.01. The Kier molecular flexibility index (Phi) is 2.94. The Balaban J connectivity index is 2.23. The molecule has 1 aliphatic carbocycles. The smallest absolute Gasteiger partial charge is 0.273 e. The molecule has 0 atom stereocenters. The van der Waals surface area contributed by atoms with Gasteiger partial charge in [0, 0.05) is 36.1 Å². The highest BCUT2D eigenvalue weighted by Gasteiger charge is 2.21. The molecule has 0 spiro atoms. The molecular weight excluding hydrogens is 206 g/mol. The third kappa shape index (κ3) is 2.62. The molecule has 0 heterocycles. The van der Waals surface area contributed by atoms with E-state index >= 15 is 0 Å². The Morgan fingerprint density at radius 3 is 2.62 bits per heavy atom. The minimum atomic E-state index is -0.362. The van der Waals surface area contributed by atoms with E-state index in [-0.39, 0.29) is 10.6 Å². The number of rotatable bonds is 5. The molecule has 0 amide bonds. The molecule has 1 aromatic carbocycles. The lowest BCUT2D eigenvalue weighted by atomic mass is 10.2. The summed E-state index contributed by atoms with van der Waals surface area (Å²) >= 11 is 0. The van der Waals surface area contributed by atoms with E-state index in [0.29, 0.717) is 6.04 Å². The number of hydrogen-bond donors (Lipinski definition) is 2. The second kappa shape index (κ2) is 4.38. The van der Waals surface area contributed by atoms with Crippen LogP contribution < -0.4 is 10.6 Å². The van der Waals surface area contributed by atoms with Crippen LogP contribution in [0.25, 0.3) is 0 Å². The maximum absolute atomic E-state index is 10.8. The van der Waals surface area contributed by atoms with E-state index in [4.69, 9.17) is 0 Å². The van der Waals surface area contributed by atoms with Crippen LogP contribution in [0.1, 0.15) is 19.8 Å². The zero-order valence-corrected chi connectivity index (χ0v) is 9.19. The van der Waals surface area contributed by atoms with Gasteiger partial charge >= 0.3 is 0 Å². The molecule has 5 nitrogen and oxygen atoms in total. The topological polar surface area (TPSA) is 67.2 Å². The standard InChI is InChI=1S/C11H15N3O2/c1-2-12-9-5-10(13-8-3-4-8)7-11(6-9)14(15)16/h5-8,12-13H,2-4H2,1H3. The van der Waals surface area contributed by atoms with E-state index in [1.807, 2.05) is 13.0 Å². The van der Waals surface area contributed by atoms with E-state index in [9.17, 15) is 10.1 Å². The Morgan fingerprint density at radius 2 is 2.06 bits per heavy atom. The molecule has 0 aromatic heterocycles. The first kappa shape index (κ1) is 10.7. The zero-order valence-electron chi connectivity index (χ0n) is 9.19. The molecule has 16 heavy (non-hydrogen) atoms. The van der Waals surface area contributed by atoms with Crippen LogP contribution in [0.2, 0.25) is 0 Å². The highest BCUT2D eigenvalue weighted by Crippen LogP contribution is 2.29. The van der Waals surface area contributed by atoms with E-state index in [2.05, 4.69) is 10.6 Å². The summed E-state index contributed by atoms with van der Waals surface area (Å²) < 4.78 is 0. The Labute approximate surface area is 94.0 Å². The molecule has 2 N–H and O–H groups in total. The van der Waals surface area contributed by atoms with Crippen molar-refractivity contribution in [1.82, 2.24) is 0 Å². The molecule has 86 valence electrons. The number of hydrogen-bond acceptors (Lipinski definition) is 4. The van der Waals surface area contributed by atoms with Crippen molar-refractivity contribution in [2.24, 2.45) is 0 Å². The minimum absolute atomic E-state index is 0.126. The van der Waals surface area contributed by atoms with Crippen molar-refractivity contribution in [3.05, 3.63) is 28.3 Å². The van der Waals surface area contributed by atoms with Crippen molar-refractivity contribution in [2.75, 3.05) is 17.2 Å². The number of non-ortho nitro benzene ring substituents is 1. The van der Waals surface area contributed by atoms with E-state index in [1.54, 1.807) is 12.1 Å². The lowest BCUT2D eigenvalue weighted by Crippen LogP contribution is -2.04. The number of nitrogens with zero attached hydrogens (tertiary/aromatic N) is 1. The molecular formula is C11H15N3O2. The highest BCUT2D eigenvalue weighted by atomic mass is 16.6. The fourth-order valence-electron chi connectivity index (χ4n) is 1.57. The summed E-state index contributed by atoms with van der Waals surface area (Å²) in [6.07, 6.45) is 2.30. The third-order valence-electron chi connectivity index (χ3n) is 2.46. The van der Waals surface area contributed by atoms with Crippen LogP contribution >= 0.6 is 0 Å². The van der Waals surface area contributed by atoms with Crippen LogP contribution in [0.5, 0.6) is 0 Å². The van der Waals surface area contributed by atoms with E-state index < -0.39 is 0 Å². The number of nitrogens with one attached hydrogen (secondary N) is 2. The van der Waals surface area contributed by atoms with Crippen molar-refractivity contribution >= 4 is 17.1 Å². The van der Waals surface area contributed by atoms with Gasteiger partial charge in [0.05, 0.1) is 4.92 Å². The molecule has 1 saturated carbocycles. The molecule has 1 fully saturated rings. The third-order valence-corrected chi connectivity index (χ3v) is 2.46. The zero-order chi connectivity index (χ0) is 11.5. The Morgan fingerprint density at radius 1 is 1.38 bits per heavy atom. The van der Waals surface area contributed by atoms with Gasteiger partial charge < -0.3 is 10.6 Å². The molecule has 1 aromatic rings. The summed E-state index contributed by atoms with van der Waals surface area (Å²) in [4.78, 5) is 10.4. The van der Waals surface area contributed by atoms with Crippen molar-refractivity contribution in [3.8, 4) is 0 Å². The second-order valence-corrected chi connectivity index (χ2v) is 3.97. The molecule has 5 heteroatoms. The minimum Gasteiger partial charge on any atom is -0.385 e. The lowest BCUT2D eigenvalue weighted by molar-refractivity contribution is -0.384. The normalized spacial score (nSPS) is 14.6. The monoisotopic (exact) mass is 221 g/mol. The Bertz CT molecular complexity index is 402. The fraction of sp³-hybridized carbons (Fsp3) is 0.455. The first-order valence-corrected chi connectivity index (χ1v) is 5.49. The number of anilines is 2. The fourth-order valence-corrected chi connectivity index (χ4v) is 1.57. The first-order valence-electron chi connectivity index (χ1n) is 5.49. The summed E-state index contributed by atoms with van der Waals surface area (Å²) in [7, 11) is 0. The van der Waals surface area contributed by atoms with Gasteiger partial charge in [0.15, 0.2) is 0 Å². The largest absolute Gasteiger partial charge is 0.385 e. The summed E-state index contributed by atoms with van der Waals surface area (Å²) in [6, 6.07) is 5.55. The Hall–Kier alpha value is -1.78. The molecule has 0 radical (unpaired) electrons. The molecule has 0 saturated heterocycles. The number of nitro groups is 1. The van der Waals surface area contributed by atoms with Crippen LogP contribution in [0.4, 0.5) is 17.1 Å². The van der Waals surface area contributed by atoms with E-state index in [0.717, 1.165) is 30.8 Å². The van der Waals surface area contributed by atoms with Gasteiger partial charge in [-0.25, -0.2) is 0 Å². The molecule has 1 aliphatic rings. The molecule has 0 unspecified atom stereocenters. The van der Waals surface area contributed by atoms with Crippen LogP contribution in [0.3, 0.4) is 0 Å². The van der Waals surface area contributed by atoms with Crippen LogP contribution in [-0.2, 0) is 0 Å². The maximum Gasteiger partial charge on any atom is 0.273 e. The van der Waals surface area contributed by atoms with Crippen molar-refractivity contribution in [1.29, 1.82) is 0 Å². The van der Waals surface area contributed by atoms with Gasteiger partial charge in [-0.05, 0) is 25.8 Å². The summed E-state index contributed by atoms with van der Waals surface area (Å²) in [5, 5.41) is 17.1. The average molecular weight is 221 g/mol. The quantitative estimate of drug-likeness (QED) is 0.592. The highest BCUT2D eigenvalue weighted by molar-refractivity contribution is 5.64. The van der Waals surface area contributed by atoms with Gasteiger partial charge in [-0.3, -0.25) is 10.1 Å². The van der Waals surface area contributed by atoms with Gasteiger partial charge in [0.1, 0.15) is 0 Å². The van der Waals surface area contributed by atoms with Gasteiger partial charge in [-0.2, -0.15) is 0 Å². The molecule has 0 bridgehead atoms. The van der Waals surface area contributed by atoms with E-state index in [1.165, 1.54) is 0 Å². The van der Waals surface area contributed by atoms with Gasteiger partial charge in [-0.1, -0.05) is 0 Å². The maximum atomic E-state index is 10.8. The number of nitro benzene ring substituents is 1. The predicted molar refractivity (Wildman–Crippen MR) is 63.9 cm³/mol. The van der Waals surface area contributed by atoms with Gasteiger partial charge in [-0.15, -0.1) is 0 Å². The SMILES string of the molecule is CCNc1cc(NC2CC2)cc([N+](=O)[O-])c1. The van der Waals surface area contributed by atoms with Gasteiger partial charge in [0.25, 0.3) is 5.69 Å². The first-order chi connectivity index (χ1) is 7.69. The summed E-state index contributed by atoms with van der Waals surface area (Å²) in [6.45, 7) is 2.72. The van der Waals surface area contributed by atoms with Crippen LogP contribution in [-0.4, -0.2) is 17.5 Å². The van der Waals surface area contributed by atoms with Crippen LogP contribution in [0.15, 0.2) is 18.2 Å².